The van der Waals surface area contributed by atoms with Gasteiger partial charge in [-0.25, -0.2) is 0 Å². The zero-order chi connectivity index (χ0) is 23.8. The molecular formula is C24H18BrN3O5. The third kappa shape index (κ3) is 6.18. The number of ether oxygens (including phenoxy) is 2. The number of anilines is 1. The summed E-state index contributed by atoms with van der Waals surface area (Å²) in [5.41, 5.74) is 1.11. The first-order valence-electron chi connectivity index (χ1n) is 9.63. The summed E-state index contributed by atoms with van der Waals surface area (Å²) in [6, 6.07) is 20.5. The van der Waals surface area contributed by atoms with Gasteiger partial charge in [-0.15, -0.1) is 0 Å². The number of carbonyl (C=O) groups is 1. The van der Waals surface area contributed by atoms with E-state index < -0.39 is 10.8 Å². The Morgan fingerprint density at radius 1 is 1.15 bits per heavy atom. The predicted octanol–water partition coefficient (Wildman–Crippen LogP) is 5.49. The Morgan fingerprint density at radius 2 is 1.88 bits per heavy atom. The summed E-state index contributed by atoms with van der Waals surface area (Å²) >= 11 is 3.39. The molecule has 0 spiro atoms. The van der Waals surface area contributed by atoms with Gasteiger partial charge < -0.3 is 14.8 Å². The Hall–Kier alpha value is -4.16. The van der Waals surface area contributed by atoms with Gasteiger partial charge in [0.05, 0.1) is 17.7 Å². The molecule has 0 aliphatic rings. The number of nitro groups is 1. The maximum absolute atomic E-state index is 12.8. The lowest BCUT2D eigenvalue weighted by Gasteiger charge is -2.11. The molecule has 8 nitrogen and oxygen atoms in total. The fraction of sp³-hybridized carbons (Fsp3) is 0.0833. The van der Waals surface area contributed by atoms with Gasteiger partial charge in [-0.3, -0.25) is 14.9 Å². The minimum Gasteiger partial charge on any atom is -0.495 e. The number of benzene rings is 3. The molecule has 0 saturated carbocycles. The average molecular weight is 508 g/mol. The van der Waals surface area contributed by atoms with Crippen LogP contribution >= 0.6 is 15.9 Å². The van der Waals surface area contributed by atoms with Crippen LogP contribution in [-0.2, 0) is 11.4 Å². The molecule has 0 radical (unpaired) electrons. The number of amides is 1. The number of nitro benzene ring substituents is 1. The van der Waals surface area contributed by atoms with E-state index in [1.165, 1.54) is 31.4 Å². The number of carbonyl (C=O) groups excluding carboxylic acids is 1. The van der Waals surface area contributed by atoms with Crippen LogP contribution in [0.4, 0.5) is 11.4 Å². The third-order valence-electron chi connectivity index (χ3n) is 4.52. The zero-order valence-corrected chi connectivity index (χ0v) is 19.0. The van der Waals surface area contributed by atoms with E-state index in [4.69, 9.17) is 9.47 Å². The first kappa shape index (κ1) is 23.5. The molecule has 1 amide bonds. The number of methoxy groups -OCH3 is 1. The van der Waals surface area contributed by atoms with Crippen molar-refractivity contribution >= 4 is 39.3 Å². The Labute approximate surface area is 198 Å². The topological polar surface area (TPSA) is 114 Å². The van der Waals surface area contributed by atoms with Crippen LogP contribution < -0.4 is 14.8 Å². The van der Waals surface area contributed by atoms with Gasteiger partial charge in [0, 0.05) is 22.2 Å². The van der Waals surface area contributed by atoms with Crippen LogP contribution in [-0.4, -0.2) is 17.9 Å². The van der Waals surface area contributed by atoms with E-state index in [1.807, 2.05) is 36.4 Å². The van der Waals surface area contributed by atoms with Crippen molar-refractivity contribution in [2.24, 2.45) is 0 Å². The van der Waals surface area contributed by atoms with Crippen LogP contribution in [0.15, 0.2) is 76.8 Å². The van der Waals surface area contributed by atoms with Crippen molar-refractivity contribution in [2.75, 3.05) is 12.4 Å². The Balaban J connectivity index is 1.88. The summed E-state index contributed by atoms with van der Waals surface area (Å²) in [7, 11) is 1.37. The maximum Gasteiger partial charge on any atom is 0.271 e. The van der Waals surface area contributed by atoms with Gasteiger partial charge in [0.2, 0.25) is 0 Å². The van der Waals surface area contributed by atoms with Crippen molar-refractivity contribution in [2.45, 2.75) is 6.61 Å². The lowest BCUT2D eigenvalue weighted by atomic mass is 10.1. The van der Waals surface area contributed by atoms with Crippen molar-refractivity contribution in [1.29, 1.82) is 5.26 Å². The Bertz CT molecular complexity index is 1250. The zero-order valence-electron chi connectivity index (χ0n) is 17.4. The minimum absolute atomic E-state index is 0.0765. The molecular weight excluding hydrogens is 490 g/mol. The van der Waals surface area contributed by atoms with E-state index >= 15 is 0 Å². The van der Waals surface area contributed by atoms with Crippen LogP contribution in [0.25, 0.3) is 6.08 Å². The van der Waals surface area contributed by atoms with E-state index in [-0.39, 0.29) is 22.7 Å². The molecule has 0 unspecified atom stereocenters. The summed E-state index contributed by atoms with van der Waals surface area (Å²) in [5.74, 6) is -0.0404. The minimum atomic E-state index is -0.745. The molecule has 33 heavy (non-hydrogen) atoms. The number of nitrogens with zero attached hydrogens (tertiary/aromatic N) is 2. The monoisotopic (exact) mass is 507 g/mol. The largest absolute Gasteiger partial charge is 0.495 e. The van der Waals surface area contributed by atoms with Gasteiger partial charge in [-0.2, -0.15) is 5.26 Å². The standard InChI is InChI=1S/C24H18BrN3O5/c1-32-23-10-8-20(28(30)31)13-21(23)27-24(29)18(14-26)11-17-12-19(25)7-9-22(17)33-15-16-5-3-2-4-6-16/h2-13H,15H2,1H3,(H,27,29)/b18-11+. The molecule has 1 N–H and O–H groups in total. The van der Waals surface area contributed by atoms with Gasteiger partial charge in [0.1, 0.15) is 29.7 Å². The average Bonchev–Trinajstić information content (AvgIpc) is 2.82. The highest BCUT2D eigenvalue weighted by atomic mass is 79.9. The highest BCUT2D eigenvalue weighted by Crippen LogP contribution is 2.30. The van der Waals surface area contributed by atoms with Crippen molar-refractivity contribution in [3.63, 3.8) is 0 Å². The highest BCUT2D eigenvalue weighted by Gasteiger charge is 2.17. The lowest BCUT2D eigenvalue weighted by molar-refractivity contribution is -0.384. The smallest absolute Gasteiger partial charge is 0.271 e. The molecule has 0 heterocycles. The van der Waals surface area contributed by atoms with Gasteiger partial charge >= 0.3 is 0 Å². The summed E-state index contributed by atoms with van der Waals surface area (Å²) in [5, 5.41) is 23.2. The molecule has 0 aliphatic carbocycles. The Kier molecular flexibility index (Phi) is 7.78. The molecule has 0 aliphatic heterocycles. The second-order valence-electron chi connectivity index (χ2n) is 6.72. The second-order valence-corrected chi connectivity index (χ2v) is 7.64. The molecule has 0 saturated heterocycles. The summed E-state index contributed by atoms with van der Waals surface area (Å²) in [6.45, 7) is 0.308. The number of non-ortho nitro benzene ring substituents is 1. The Morgan fingerprint density at radius 3 is 2.55 bits per heavy atom. The second kappa shape index (κ2) is 10.9. The third-order valence-corrected chi connectivity index (χ3v) is 5.01. The predicted molar refractivity (Wildman–Crippen MR) is 127 cm³/mol. The van der Waals surface area contributed by atoms with Gasteiger partial charge in [-0.1, -0.05) is 46.3 Å². The molecule has 166 valence electrons. The molecule has 3 aromatic carbocycles. The van der Waals surface area contributed by atoms with Crippen molar-refractivity contribution in [1.82, 2.24) is 0 Å². The van der Waals surface area contributed by atoms with E-state index in [1.54, 1.807) is 18.2 Å². The molecule has 0 fully saturated rings. The maximum atomic E-state index is 12.8. The first-order chi connectivity index (χ1) is 15.9. The lowest BCUT2D eigenvalue weighted by Crippen LogP contribution is -2.14. The summed E-state index contributed by atoms with van der Waals surface area (Å²) in [6.07, 6.45) is 1.39. The van der Waals surface area contributed by atoms with E-state index in [9.17, 15) is 20.2 Å². The quantitative estimate of drug-likeness (QED) is 0.186. The molecule has 3 rings (SSSR count). The highest BCUT2D eigenvalue weighted by molar-refractivity contribution is 9.10. The number of hydrogen-bond acceptors (Lipinski definition) is 6. The molecule has 0 atom stereocenters. The summed E-state index contributed by atoms with van der Waals surface area (Å²) < 4.78 is 11.8. The van der Waals surface area contributed by atoms with E-state index in [0.717, 1.165) is 10.0 Å². The van der Waals surface area contributed by atoms with Gasteiger partial charge in [0.25, 0.3) is 11.6 Å². The van der Waals surface area contributed by atoms with E-state index in [2.05, 4.69) is 21.2 Å². The van der Waals surface area contributed by atoms with Crippen molar-refractivity contribution < 1.29 is 19.2 Å². The van der Waals surface area contributed by atoms with Crippen LogP contribution in [0, 0.1) is 21.4 Å². The van der Waals surface area contributed by atoms with Crippen molar-refractivity contribution in [3.8, 4) is 17.6 Å². The summed E-state index contributed by atoms with van der Waals surface area (Å²) in [4.78, 5) is 23.3. The fourth-order valence-electron chi connectivity index (χ4n) is 2.90. The number of hydrogen-bond donors (Lipinski definition) is 1. The molecule has 0 aromatic heterocycles. The van der Waals surface area contributed by atoms with E-state index in [0.29, 0.717) is 17.9 Å². The van der Waals surface area contributed by atoms with Crippen LogP contribution in [0.5, 0.6) is 11.5 Å². The number of nitriles is 1. The van der Waals surface area contributed by atoms with Crippen molar-refractivity contribution in [3.05, 3.63) is 98.0 Å². The normalized spacial score (nSPS) is 10.8. The number of halogens is 1. The van der Waals surface area contributed by atoms with Gasteiger partial charge in [-0.05, 0) is 35.9 Å². The van der Waals surface area contributed by atoms with Gasteiger partial charge in [0.15, 0.2) is 0 Å². The number of rotatable bonds is 8. The molecule has 9 heteroatoms. The SMILES string of the molecule is COc1ccc([N+](=O)[O-])cc1NC(=O)/C(C#N)=C/c1cc(Br)ccc1OCc1ccccc1. The molecule has 0 bridgehead atoms. The molecule has 3 aromatic rings. The number of nitrogens with one attached hydrogen (secondary N) is 1. The fourth-order valence-corrected chi connectivity index (χ4v) is 3.28. The van der Waals surface area contributed by atoms with Crippen LogP contribution in [0.2, 0.25) is 0 Å². The first-order valence-corrected chi connectivity index (χ1v) is 10.4. The van der Waals surface area contributed by atoms with Crippen LogP contribution in [0.1, 0.15) is 11.1 Å². The van der Waals surface area contributed by atoms with Crippen LogP contribution in [0.3, 0.4) is 0 Å².